The number of methoxy groups -OCH3 is 1. The van der Waals surface area contributed by atoms with Gasteiger partial charge in [0.2, 0.25) is 0 Å². The van der Waals surface area contributed by atoms with E-state index in [2.05, 4.69) is 80.7 Å². The molecule has 186 valence electrons. The van der Waals surface area contributed by atoms with E-state index >= 15 is 0 Å². The lowest BCUT2D eigenvalue weighted by Gasteiger charge is -2.42. The molecule has 0 amide bonds. The highest BCUT2D eigenvalue weighted by molar-refractivity contribution is 6.74. The molecule has 0 saturated heterocycles. The summed E-state index contributed by atoms with van der Waals surface area (Å²) in [4.78, 5) is 11.4. The second-order valence-electron chi connectivity index (χ2n) is 12.5. The number of ether oxygens (including phenoxy) is 1. The van der Waals surface area contributed by atoms with Crippen molar-refractivity contribution >= 4 is 22.6 Å². The molecule has 1 rings (SSSR count). The molecule has 0 unspecified atom stereocenters. The van der Waals surface area contributed by atoms with Crippen molar-refractivity contribution in [3.63, 3.8) is 0 Å². The summed E-state index contributed by atoms with van der Waals surface area (Å²) in [5.74, 6) is 0.303. The summed E-state index contributed by atoms with van der Waals surface area (Å²) in [6.07, 6.45) is 7.82. The highest BCUT2D eigenvalue weighted by Gasteiger charge is 2.46. The SMILES string of the molecule is C=C(CCCCC(=O)OC)[C@@H]1[C]C[C@H](O[Si](C)(C)C(C)(C)C)[C@@H]1CO[Si](C)(C)C(C)(C)C. The highest BCUT2D eigenvalue weighted by Crippen LogP contribution is 2.45. The van der Waals surface area contributed by atoms with Crippen LogP contribution in [-0.2, 0) is 18.4 Å². The zero-order chi connectivity index (χ0) is 25.0. The molecule has 4 nitrogen and oxygen atoms in total. The standard InChI is InChI=1S/C26H50O4Si2/c1-20(15-13-14-16-24(27)28-8)21-17-18-23(30-32(11,12)26(5,6)7)22(21)19-29-31(9,10)25(2,3)4/h21-23H,1,13-16,18-19H2,2-12H3/t21-,22+,23-/m0/s1. The van der Waals surface area contributed by atoms with Crippen LogP contribution in [0.3, 0.4) is 0 Å². The normalized spacial score (nSPS) is 22.8. The molecule has 32 heavy (non-hydrogen) atoms. The van der Waals surface area contributed by atoms with Crippen LogP contribution < -0.4 is 0 Å². The van der Waals surface area contributed by atoms with Crippen LogP contribution in [0.2, 0.25) is 36.3 Å². The van der Waals surface area contributed by atoms with Gasteiger partial charge in [0.25, 0.3) is 0 Å². The predicted octanol–water partition coefficient (Wildman–Crippen LogP) is 7.41. The van der Waals surface area contributed by atoms with Crippen molar-refractivity contribution in [1.82, 2.24) is 0 Å². The molecule has 3 atom stereocenters. The summed E-state index contributed by atoms with van der Waals surface area (Å²) >= 11 is 0. The second kappa shape index (κ2) is 11.3. The first kappa shape index (κ1) is 29.6. The number of unbranched alkanes of at least 4 members (excludes halogenated alkanes) is 1. The third-order valence-electron chi connectivity index (χ3n) is 7.94. The number of rotatable bonds is 11. The molecule has 0 aromatic rings. The van der Waals surface area contributed by atoms with Crippen molar-refractivity contribution in [3.05, 3.63) is 18.6 Å². The summed E-state index contributed by atoms with van der Waals surface area (Å²) in [7, 11) is -2.32. The van der Waals surface area contributed by atoms with Gasteiger partial charge in [-0.2, -0.15) is 0 Å². The number of hydrogen-bond donors (Lipinski definition) is 0. The first-order valence-electron chi connectivity index (χ1n) is 12.2. The fourth-order valence-corrected chi connectivity index (χ4v) is 5.91. The topological polar surface area (TPSA) is 44.8 Å². The van der Waals surface area contributed by atoms with Crippen LogP contribution in [0.15, 0.2) is 12.2 Å². The maximum atomic E-state index is 11.4. The number of hydrogen-bond acceptors (Lipinski definition) is 4. The van der Waals surface area contributed by atoms with Crippen molar-refractivity contribution in [1.29, 1.82) is 0 Å². The van der Waals surface area contributed by atoms with Crippen LogP contribution in [0.1, 0.15) is 73.6 Å². The number of carbonyl (C=O) groups excluding carboxylic acids is 1. The molecule has 1 aliphatic carbocycles. The first-order chi connectivity index (χ1) is 14.4. The molecular weight excluding hydrogens is 432 g/mol. The Kier molecular flexibility index (Phi) is 10.5. The van der Waals surface area contributed by atoms with Gasteiger partial charge in [0, 0.05) is 18.9 Å². The Morgan fingerprint density at radius 2 is 1.50 bits per heavy atom. The largest absolute Gasteiger partial charge is 0.469 e. The van der Waals surface area contributed by atoms with E-state index in [9.17, 15) is 4.79 Å². The molecule has 0 spiro atoms. The molecule has 0 aliphatic heterocycles. The van der Waals surface area contributed by atoms with Crippen molar-refractivity contribution in [2.45, 2.75) is 116 Å². The molecule has 1 fully saturated rings. The Bertz CT molecular complexity index is 629. The number of esters is 1. The molecule has 0 heterocycles. The predicted molar refractivity (Wildman–Crippen MR) is 140 cm³/mol. The lowest BCUT2D eigenvalue weighted by Crippen LogP contribution is -2.47. The van der Waals surface area contributed by atoms with Gasteiger partial charge in [-0.1, -0.05) is 53.7 Å². The summed E-state index contributed by atoms with van der Waals surface area (Å²) in [5, 5.41) is 0.343. The summed E-state index contributed by atoms with van der Waals surface area (Å²) in [6.45, 7) is 28.1. The minimum absolute atomic E-state index is 0.137. The van der Waals surface area contributed by atoms with Gasteiger partial charge in [0.1, 0.15) is 0 Å². The van der Waals surface area contributed by atoms with E-state index in [0.29, 0.717) is 13.0 Å². The lowest BCUT2D eigenvalue weighted by molar-refractivity contribution is -0.140. The van der Waals surface area contributed by atoms with Gasteiger partial charge in [0.15, 0.2) is 16.6 Å². The van der Waals surface area contributed by atoms with Gasteiger partial charge in [-0.3, -0.25) is 4.79 Å². The Balaban J connectivity index is 2.93. The van der Waals surface area contributed by atoms with Crippen LogP contribution >= 0.6 is 0 Å². The van der Waals surface area contributed by atoms with Crippen LogP contribution in [0.5, 0.6) is 0 Å². The number of allylic oxidation sites excluding steroid dienone is 1. The smallest absolute Gasteiger partial charge is 0.305 e. The molecule has 0 N–H and O–H groups in total. The monoisotopic (exact) mass is 482 g/mol. The third kappa shape index (κ3) is 8.10. The Morgan fingerprint density at radius 1 is 0.969 bits per heavy atom. The summed E-state index contributed by atoms with van der Waals surface area (Å²) in [5.41, 5.74) is 1.19. The Morgan fingerprint density at radius 3 is 2.00 bits per heavy atom. The molecule has 0 aromatic carbocycles. The first-order valence-corrected chi connectivity index (χ1v) is 18.0. The van der Waals surface area contributed by atoms with E-state index in [1.54, 1.807) is 0 Å². The van der Waals surface area contributed by atoms with Gasteiger partial charge >= 0.3 is 5.97 Å². The second-order valence-corrected chi connectivity index (χ2v) is 22.0. The fraction of sp³-hybridized carbons (Fsp3) is 0.846. The zero-order valence-electron chi connectivity index (χ0n) is 22.8. The average molecular weight is 483 g/mol. The quantitative estimate of drug-likeness (QED) is 0.133. The van der Waals surface area contributed by atoms with Crippen molar-refractivity contribution in [2.24, 2.45) is 11.8 Å². The number of carbonyl (C=O) groups is 1. The van der Waals surface area contributed by atoms with E-state index in [0.717, 1.165) is 25.7 Å². The van der Waals surface area contributed by atoms with Crippen molar-refractivity contribution in [2.75, 3.05) is 13.7 Å². The summed E-state index contributed by atoms with van der Waals surface area (Å²) < 4.78 is 18.3. The molecule has 2 radical (unpaired) electrons. The van der Waals surface area contributed by atoms with Gasteiger partial charge in [-0.05, 0) is 74.3 Å². The molecule has 6 heteroatoms. The lowest BCUT2D eigenvalue weighted by atomic mass is 9.86. The molecule has 1 saturated carbocycles. The van der Waals surface area contributed by atoms with Crippen molar-refractivity contribution in [3.8, 4) is 0 Å². The van der Waals surface area contributed by atoms with Crippen LogP contribution in [0.4, 0.5) is 0 Å². The van der Waals surface area contributed by atoms with E-state index in [1.165, 1.54) is 12.7 Å². The average Bonchev–Trinajstić information content (AvgIpc) is 3.03. The van der Waals surface area contributed by atoms with Gasteiger partial charge < -0.3 is 13.6 Å². The van der Waals surface area contributed by atoms with Crippen molar-refractivity contribution < 1.29 is 18.4 Å². The molecule has 0 bridgehead atoms. The highest BCUT2D eigenvalue weighted by atomic mass is 28.4. The summed E-state index contributed by atoms with van der Waals surface area (Å²) in [6, 6.07) is 0. The minimum Gasteiger partial charge on any atom is -0.469 e. The minimum atomic E-state index is -1.90. The zero-order valence-corrected chi connectivity index (χ0v) is 24.8. The van der Waals surface area contributed by atoms with Gasteiger partial charge in [0.05, 0.1) is 13.2 Å². The van der Waals surface area contributed by atoms with E-state index in [1.807, 2.05) is 0 Å². The van der Waals surface area contributed by atoms with E-state index in [-0.39, 0.29) is 34.0 Å². The molecule has 1 aliphatic rings. The van der Waals surface area contributed by atoms with Crippen LogP contribution in [0, 0.1) is 18.3 Å². The van der Waals surface area contributed by atoms with Crippen LogP contribution in [0.25, 0.3) is 0 Å². The van der Waals surface area contributed by atoms with E-state index in [4.69, 9.17) is 13.6 Å². The van der Waals surface area contributed by atoms with Gasteiger partial charge in [-0.25, -0.2) is 0 Å². The van der Waals surface area contributed by atoms with Gasteiger partial charge in [-0.15, -0.1) is 0 Å². The Labute approximate surface area is 201 Å². The Hall–Kier alpha value is -0.436. The molecular formula is C26H50O4Si2. The maximum Gasteiger partial charge on any atom is 0.305 e. The fourth-order valence-electron chi connectivity index (χ4n) is 3.50. The third-order valence-corrected chi connectivity index (χ3v) is 16.9. The maximum absolute atomic E-state index is 11.4. The van der Waals surface area contributed by atoms with E-state index < -0.39 is 16.6 Å². The molecule has 0 aromatic heterocycles. The van der Waals surface area contributed by atoms with Crippen LogP contribution in [-0.4, -0.2) is 42.4 Å².